The van der Waals surface area contributed by atoms with Crippen molar-refractivity contribution in [3.63, 3.8) is 0 Å². The van der Waals surface area contributed by atoms with Gasteiger partial charge in [-0.1, -0.05) is 6.07 Å². The summed E-state index contributed by atoms with van der Waals surface area (Å²) in [5.41, 5.74) is 4.81. The third kappa shape index (κ3) is 4.27. The predicted octanol–water partition coefficient (Wildman–Crippen LogP) is 2.38. The van der Waals surface area contributed by atoms with Crippen molar-refractivity contribution in [2.75, 3.05) is 30.9 Å². The normalized spacial score (nSPS) is 13.8. The first-order valence-corrected chi connectivity index (χ1v) is 9.64. The smallest absolute Gasteiger partial charge is 0.259 e. The third-order valence-electron chi connectivity index (χ3n) is 5.08. The molecule has 8 nitrogen and oxygen atoms in total. The van der Waals surface area contributed by atoms with Crippen LogP contribution in [0.4, 0.5) is 11.5 Å². The summed E-state index contributed by atoms with van der Waals surface area (Å²) in [6.45, 7) is 4.48. The number of hydrogen-bond acceptors (Lipinski definition) is 6. The zero-order valence-corrected chi connectivity index (χ0v) is 16.9. The van der Waals surface area contributed by atoms with E-state index in [0.29, 0.717) is 11.4 Å². The number of carbonyl (C=O) groups excluding carboxylic acids is 1. The molecule has 0 saturated carbocycles. The molecule has 150 valence electrons. The van der Waals surface area contributed by atoms with Crippen molar-refractivity contribution in [2.24, 2.45) is 0 Å². The average molecular weight is 391 g/mol. The maximum Gasteiger partial charge on any atom is 0.259 e. The molecule has 2 aromatic heterocycles. The van der Waals surface area contributed by atoms with Gasteiger partial charge in [0.05, 0.1) is 12.1 Å². The lowest BCUT2D eigenvalue weighted by Gasteiger charge is -2.28. The van der Waals surface area contributed by atoms with E-state index < -0.39 is 0 Å². The molecule has 3 heterocycles. The van der Waals surface area contributed by atoms with E-state index in [-0.39, 0.29) is 5.91 Å². The first-order chi connectivity index (χ1) is 14.0. The van der Waals surface area contributed by atoms with Gasteiger partial charge in [0.1, 0.15) is 18.0 Å². The highest BCUT2D eigenvalue weighted by Gasteiger charge is 2.19. The van der Waals surface area contributed by atoms with E-state index >= 15 is 0 Å². The molecular formula is C21H25N7O. The van der Waals surface area contributed by atoms with Crippen molar-refractivity contribution in [2.45, 2.75) is 26.4 Å². The van der Waals surface area contributed by atoms with Crippen LogP contribution >= 0.6 is 0 Å². The molecule has 0 fully saturated rings. The third-order valence-corrected chi connectivity index (χ3v) is 5.08. The fourth-order valence-corrected chi connectivity index (χ4v) is 3.60. The number of aryl methyl sites for hydroxylation is 1. The molecule has 0 aliphatic carbocycles. The van der Waals surface area contributed by atoms with Crippen molar-refractivity contribution >= 4 is 17.4 Å². The lowest BCUT2D eigenvalue weighted by atomic mass is 9.99. The highest BCUT2D eigenvalue weighted by molar-refractivity contribution is 6.07. The maximum atomic E-state index is 12.8. The molecule has 29 heavy (non-hydrogen) atoms. The van der Waals surface area contributed by atoms with E-state index in [9.17, 15) is 4.79 Å². The number of carbonyl (C=O) groups is 1. The highest BCUT2D eigenvalue weighted by Crippen LogP contribution is 2.24. The van der Waals surface area contributed by atoms with E-state index in [2.05, 4.69) is 42.5 Å². The first-order valence-electron chi connectivity index (χ1n) is 9.64. The van der Waals surface area contributed by atoms with Gasteiger partial charge in [-0.25, -0.2) is 9.97 Å². The number of H-pyrrole nitrogens is 1. The lowest BCUT2D eigenvalue weighted by molar-refractivity contribution is 0.102. The first kappa shape index (κ1) is 19.1. The molecule has 0 atom stereocenters. The second kappa shape index (κ2) is 8.00. The van der Waals surface area contributed by atoms with E-state index in [1.807, 2.05) is 44.1 Å². The Morgan fingerprint density at radius 2 is 2.10 bits per heavy atom. The molecule has 0 bridgehead atoms. The molecule has 1 aliphatic heterocycles. The van der Waals surface area contributed by atoms with Gasteiger partial charge in [-0.05, 0) is 48.7 Å². The summed E-state index contributed by atoms with van der Waals surface area (Å²) in [5.74, 6) is 1.40. The van der Waals surface area contributed by atoms with Crippen LogP contribution in [-0.2, 0) is 19.5 Å². The summed E-state index contributed by atoms with van der Waals surface area (Å²) >= 11 is 0. The Bertz CT molecular complexity index is 1010. The Morgan fingerprint density at radius 1 is 1.24 bits per heavy atom. The number of nitrogens with one attached hydrogen (secondary N) is 2. The zero-order chi connectivity index (χ0) is 20.4. The van der Waals surface area contributed by atoms with Gasteiger partial charge in [0, 0.05) is 38.6 Å². The molecule has 0 unspecified atom stereocenters. The van der Waals surface area contributed by atoms with Crippen LogP contribution in [0.15, 0.2) is 36.7 Å². The van der Waals surface area contributed by atoms with Crippen molar-refractivity contribution in [1.82, 2.24) is 25.1 Å². The molecule has 3 aromatic rings. The van der Waals surface area contributed by atoms with Crippen LogP contribution in [0.5, 0.6) is 0 Å². The lowest BCUT2D eigenvalue weighted by Crippen LogP contribution is -2.30. The number of anilines is 2. The second-order valence-electron chi connectivity index (χ2n) is 7.55. The number of pyridine rings is 1. The Balaban J connectivity index is 1.47. The van der Waals surface area contributed by atoms with Crippen molar-refractivity contribution in [3.05, 3.63) is 64.9 Å². The van der Waals surface area contributed by atoms with Crippen LogP contribution in [-0.4, -0.2) is 51.6 Å². The number of aromatic nitrogens is 4. The van der Waals surface area contributed by atoms with Gasteiger partial charge in [0.2, 0.25) is 0 Å². The molecule has 8 heteroatoms. The number of nitrogens with zero attached hydrogens (tertiary/aromatic N) is 5. The summed E-state index contributed by atoms with van der Waals surface area (Å²) in [6, 6.07) is 9.82. The minimum atomic E-state index is -0.149. The monoisotopic (exact) mass is 391 g/mol. The number of fused-ring (bicyclic) bond motifs is 1. The molecule has 1 aliphatic rings. The van der Waals surface area contributed by atoms with Gasteiger partial charge < -0.3 is 10.2 Å². The van der Waals surface area contributed by atoms with E-state index in [4.69, 9.17) is 0 Å². The molecule has 0 radical (unpaired) electrons. The van der Waals surface area contributed by atoms with Crippen LogP contribution in [0.1, 0.15) is 33.0 Å². The maximum absolute atomic E-state index is 12.8. The SMILES string of the molecule is Cc1ccc(C(=O)Nc2ccc3c(c2)CCN(Cc2ncn[nH]2)C3)c(N(C)C)n1. The van der Waals surface area contributed by atoms with Gasteiger partial charge >= 0.3 is 0 Å². The van der Waals surface area contributed by atoms with Gasteiger partial charge in [-0.15, -0.1) is 0 Å². The van der Waals surface area contributed by atoms with E-state index in [1.165, 1.54) is 17.5 Å². The van der Waals surface area contributed by atoms with Gasteiger partial charge in [-0.3, -0.25) is 14.8 Å². The van der Waals surface area contributed by atoms with Crippen LogP contribution in [0.2, 0.25) is 0 Å². The Labute approximate surface area is 170 Å². The van der Waals surface area contributed by atoms with E-state index in [1.54, 1.807) is 0 Å². The van der Waals surface area contributed by atoms with Crippen LogP contribution in [0.25, 0.3) is 0 Å². The van der Waals surface area contributed by atoms with Gasteiger partial charge in [0.25, 0.3) is 5.91 Å². The molecule has 4 rings (SSSR count). The fraction of sp³-hybridized carbons (Fsp3) is 0.333. The fourth-order valence-electron chi connectivity index (χ4n) is 3.60. The number of aromatic amines is 1. The number of hydrogen-bond donors (Lipinski definition) is 2. The Morgan fingerprint density at radius 3 is 2.86 bits per heavy atom. The topological polar surface area (TPSA) is 90.0 Å². The van der Waals surface area contributed by atoms with Crippen LogP contribution in [0, 0.1) is 6.92 Å². The standard InChI is InChI=1S/C21H25N7O/c1-14-4-7-18(20(24-14)27(2)3)21(29)25-17-6-5-16-11-28(9-8-15(16)10-17)12-19-22-13-23-26-19/h4-7,10,13H,8-9,11-12H2,1-3H3,(H,25,29)(H,22,23,26). The minimum absolute atomic E-state index is 0.149. The summed E-state index contributed by atoms with van der Waals surface area (Å²) in [4.78, 5) is 25.7. The van der Waals surface area contributed by atoms with E-state index in [0.717, 1.165) is 43.3 Å². The molecule has 1 amide bonds. The summed E-state index contributed by atoms with van der Waals surface area (Å²) in [7, 11) is 3.78. The molecule has 1 aromatic carbocycles. The molecule has 0 spiro atoms. The molecular weight excluding hydrogens is 366 g/mol. The van der Waals surface area contributed by atoms with Crippen LogP contribution in [0.3, 0.4) is 0 Å². The summed E-state index contributed by atoms with van der Waals surface area (Å²) in [6.07, 6.45) is 2.47. The van der Waals surface area contributed by atoms with Gasteiger partial charge in [-0.2, -0.15) is 5.10 Å². The quantitative estimate of drug-likeness (QED) is 0.694. The largest absolute Gasteiger partial charge is 0.362 e. The van der Waals surface area contributed by atoms with Crippen molar-refractivity contribution < 1.29 is 4.79 Å². The van der Waals surface area contributed by atoms with Crippen molar-refractivity contribution in [3.8, 4) is 0 Å². The van der Waals surface area contributed by atoms with Gasteiger partial charge in [0.15, 0.2) is 0 Å². The number of rotatable bonds is 5. The highest BCUT2D eigenvalue weighted by atomic mass is 16.1. The minimum Gasteiger partial charge on any atom is -0.362 e. The molecule has 0 saturated heterocycles. The average Bonchev–Trinajstić information content (AvgIpc) is 3.21. The molecule has 2 N–H and O–H groups in total. The second-order valence-corrected chi connectivity index (χ2v) is 7.55. The predicted molar refractivity (Wildman–Crippen MR) is 112 cm³/mol. The Hall–Kier alpha value is -3.26. The summed E-state index contributed by atoms with van der Waals surface area (Å²) in [5, 5.41) is 9.85. The summed E-state index contributed by atoms with van der Waals surface area (Å²) < 4.78 is 0. The van der Waals surface area contributed by atoms with Crippen molar-refractivity contribution in [1.29, 1.82) is 0 Å². The van der Waals surface area contributed by atoms with Crippen LogP contribution < -0.4 is 10.2 Å². The number of amides is 1. The zero-order valence-electron chi connectivity index (χ0n) is 16.9. The Kier molecular flexibility index (Phi) is 5.26. The number of benzene rings is 1.